The molecule has 2 aliphatic heterocycles. The number of ether oxygens (including phenoxy) is 1. The molecule has 1 saturated heterocycles. The van der Waals surface area contributed by atoms with E-state index in [4.69, 9.17) is 4.74 Å². The second kappa shape index (κ2) is 11.8. The zero-order chi connectivity index (χ0) is 31.1. The third-order valence-electron chi connectivity index (χ3n) is 7.52. The van der Waals surface area contributed by atoms with Crippen LogP contribution in [0.1, 0.15) is 41.8 Å². The number of benzene rings is 2. The van der Waals surface area contributed by atoms with E-state index in [9.17, 15) is 26.4 Å². The van der Waals surface area contributed by atoms with E-state index >= 15 is 0 Å². The van der Waals surface area contributed by atoms with Crippen LogP contribution in [0, 0.1) is 19.8 Å². The second-order valence-electron chi connectivity index (χ2n) is 11.6. The van der Waals surface area contributed by atoms with E-state index in [1.54, 1.807) is 6.07 Å². The molecule has 9 nitrogen and oxygen atoms in total. The number of carbonyl (C=O) groups excluding carboxylic acids is 1. The molecule has 43 heavy (non-hydrogen) atoms. The summed E-state index contributed by atoms with van der Waals surface area (Å²) in [7, 11) is -4.23. The zero-order valence-corrected chi connectivity index (χ0v) is 25.2. The van der Waals surface area contributed by atoms with E-state index in [1.807, 2.05) is 45.9 Å². The Kier molecular flexibility index (Phi) is 8.41. The number of sulfonamides is 1. The molecule has 2 atom stereocenters. The van der Waals surface area contributed by atoms with Crippen LogP contribution in [0.4, 0.5) is 19.1 Å². The molecule has 0 radical (unpaired) electrons. The highest BCUT2D eigenvalue weighted by atomic mass is 32.2. The Labute approximate surface area is 249 Å². The van der Waals surface area contributed by atoms with Crippen LogP contribution in [0.25, 0.3) is 11.3 Å². The zero-order valence-electron chi connectivity index (χ0n) is 24.4. The molecule has 0 unspecified atom stereocenters. The summed E-state index contributed by atoms with van der Waals surface area (Å²) in [5.41, 5.74) is 2.98. The lowest BCUT2D eigenvalue weighted by Crippen LogP contribution is -2.47. The number of aromatic nitrogens is 2. The Morgan fingerprint density at radius 3 is 2.40 bits per heavy atom. The third-order valence-corrected chi connectivity index (χ3v) is 8.85. The van der Waals surface area contributed by atoms with Gasteiger partial charge in [-0.15, -0.1) is 0 Å². The molecule has 0 saturated carbocycles. The smallest absolute Gasteiger partial charge is 0.401 e. The van der Waals surface area contributed by atoms with Crippen LogP contribution in [0.2, 0.25) is 0 Å². The van der Waals surface area contributed by atoms with Gasteiger partial charge in [0.25, 0.3) is 15.9 Å². The number of rotatable bonds is 4. The average molecular weight is 618 g/mol. The molecule has 3 aromatic rings. The van der Waals surface area contributed by atoms with Gasteiger partial charge < -0.3 is 9.64 Å². The summed E-state index contributed by atoms with van der Waals surface area (Å²) in [5.74, 6) is -0.698. The molecule has 1 N–H and O–H groups in total. The van der Waals surface area contributed by atoms with Crippen LogP contribution in [-0.2, 0) is 10.0 Å². The molecule has 2 aliphatic rings. The number of aryl methyl sites for hydroxylation is 2. The molecule has 0 spiro atoms. The van der Waals surface area contributed by atoms with Gasteiger partial charge in [-0.3, -0.25) is 9.69 Å². The minimum absolute atomic E-state index is 0.0208. The van der Waals surface area contributed by atoms with Gasteiger partial charge in [0.2, 0.25) is 11.8 Å². The average Bonchev–Trinajstić information content (AvgIpc) is 3.04. The van der Waals surface area contributed by atoms with E-state index in [-0.39, 0.29) is 47.8 Å². The maximum Gasteiger partial charge on any atom is 0.401 e. The van der Waals surface area contributed by atoms with Crippen LogP contribution in [0.3, 0.4) is 0 Å². The fraction of sp³-hybridized carbons (Fsp3) is 0.433. The molecule has 6 bridgehead atoms. The van der Waals surface area contributed by atoms with Crippen LogP contribution < -0.4 is 9.46 Å². The molecule has 5 rings (SSSR count). The fourth-order valence-electron chi connectivity index (χ4n) is 5.83. The van der Waals surface area contributed by atoms with Crippen molar-refractivity contribution in [2.75, 3.05) is 30.9 Å². The Hall–Kier alpha value is -3.71. The minimum atomic E-state index is -4.46. The van der Waals surface area contributed by atoms with Gasteiger partial charge in [0, 0.05) is 36.3 Å². The summed E-state index contributed by atoms with van der Waals surface area (Å²) in [5, 5.41) is 0. The Bertz CT molecular complexity index is 1610. The highest BCUT2D eigenvalue weighted by Gasteiger charge is 2.39. The van der Waals surface area contributed by atoms with Crippen molar-refractivity contribution in [2.45, 2.75) is 57.3 Å². The predicted octanol–water partition coefficient (Wildman–Crippen LogP) is 5.06. The molecular formula is C30H34F3N5O4S. The monoisotopic (exact) mass is 617 g/mol. The number of nitrogens with one attached hydrogen (secondary N) is 1. The fourth-order valence-corrected chi connectivity index (χ4v) is 6.82. The summed E-state index contributed by atoms with van der Waals surface area (Å²) < 4.78 is 76.6. The van der Waals surface area contributed by atoms with Crippen molar-refractivity contribution in [3.05, 3.63) is 65.2 Å². The van der Waals surface area contributed by atoms with Crippen LogP contribution in [0.15, 0.2) is 53.4 Å². The lowest BCUT2D eigenvalue weighted by atomic mass is 10.00. The van der Waals surface area contributed by atoms with Crippen LogP contribution in [-0.4, -0.2) is 78.6 Å². The van der Waals surface area contributed by atoms with Crippen molar-refractivity contribution < 1.29 is 31.1 Å². The second-order valence-corrected chi connectivity index (χ2v) is 13.3. The number of fused-ring (bicyclic) bond motifs is 6. The molecule has 2 aromatic carbocycles. The quantitative estimate of drug-likeness (QED) is 0.437. The summed E-state index contributed by atoms with van der Waals surface area (Å²) in [6.45, 7) is 6.33. The standard InChI is InChI=1S/C30H34F3N5O4S/c1-18(2)11-22-14-37(17-30(31,32)33)15-23-16-38(22)28(39)21-9-6-10-24(12-21)43(40,41)36-29-34-25(13-26(35-29)42-23)27-19(3)7-5-8-20(27)4/h5-10,12-13,18,22-23H,11,14-17H2,1-4H3,(H,34,35,36)/t22-,23+/m0/s1. The Morgan fingerprint density at radius 1 is 1.02 bits per heavy atom. The normalized spacial score (nSPS) is 20.7. The van der Waals surface area contributed by atoms with Gasteiger partial charge >= 0.3 is 6.18 Å². The Morgan fingerprint density at radius 2 is 1.72 bits per heavy atom. The molecule has 230 valence electrons. The van der Waals surface area contributed by atoms with Crippen molar-refractivity contribution in [1.29, 1.82) is 0 Å². The largest absolute Gasteiger partial charge is 0.471 e. The van der Waals surface area contributed by atoms with Gasteiger partial charge in [0.05, 0.1) is 23.7 Å². The molecular weight excluding hydrogens is 583 g/mol. The van der Waals surface area contributed by atoms with Crippen LogP contribution >= 0.6 is 0 Å². The SMILES string of the molecule is Cc1cccc(C)c1-c1cc2nc(n1)NS(=O)(=O)c1cccc(c1)C(=O)N1C[C@@H](CN(CC(F)(F)F)C[C@@H]1CC(C)C)O2. The highest BCUT2D eigenvalue weighted by Crippen LogP contribution is 2.31. The van der Waals surface area contributed by atoms with Gasteiger partial charge in [-0.05, 0) is 55.5 Å². The number of nitrogens with zero attached hydrogens (tertiary/aromatic N) is 4. The molecule has 13 heteroatoms. The van der Waals surface area contributed by atoms with Crippen molar-refractivity contribution in [2.24, 2.45) is 5.92 Å². The molecule has 0 aliphatic carbocycles. The van der Waals surface area contributed by atoms with E-state index in [1.165, 1.54) is 34.1 Å². The highest BCUT2D eigenvalue weighted by molar-refractivity contribution is 7.92. The summed E-state index contributed by atoms with van der Waals surface area (Å²) in [6, 6.07) is 12.2. The third kappa shape index (κ3) is 7.10. The van der Waals surface area contributed by atoms with Gasteiger partial charge in [0.15, 0.2) is 0 Å². The number of hydrogen-bond acceptors (Lipinski definition) is 7. The predicted molar refractivity (Wildman–Crippen MR) is 155 cm³/mol. The van der Waals surface area contributed by atoms with Crippen molar-refractivity contribution in [1.82, 2.24) is 19.8 Å². The molecule has 1 fully saturated rings. The van der Waals surface area contributed by atoms with Crippen molar-refractivity contribution in [3.8, 4) is 17.1 Å². The summed E-state index contributed by atoms with van der Waals surface area (Å²) >= 11 is 0. The van der Waals surface area contributed by atoms with Gasteiger partial charge in [0.1, 0.15) is 6.10 Å². The lowest BCUT2D eigenvalue weighted by Gasteiger charge is -2.33. The van der Waals surface area contributed by atoms with Crippen molar-refractivity contribution in [3.63, 3.8) is 0 Å². The number of hydrogen-bond donors (Lipinski definition) is 1. The first-order valence-corrected chi connectivity index (χ1v) is 15.5. The number of alkyl halides is 3. The summed E-state index contributed by atoms with van der Waals surface area (Å²) in [6.07, 6.45) is -4.92. The minimum Gasteiger partial charge on any atom is -0.471 e. The maximum atomic E-state index is 14.0. The first-order valence-electron chi connectivity index (χ1n) is 14.0. The molecule has 1 amide bonds. The molecule has 3 heterocycles. The van der Waals surface area contributed by atoms with Gasteiger partial charge in [-0.25, -0.2) is 18.1 Å². The van der Waals surface area contributed by atoms with E-state index in [2.05, 4.69) is 14.7 Å². The van der Waals surface area contributed by atoms with Gasteiger partial charge in [-0.1, -0.05) is 38.1 Å². The maximum absolute atomic E-state index is 14.0. The van der Waals surface area contributed by atoms with E-state index < -0.39 is 40.8 Å². The molecule has 1 aromatic heterocycles. The first-order chi connectivity index (χ1) is 20.2. The number of amides is 1. The number of anilines is 1. The van der Waals surface area contributed by atoms with Gasteiger partial charge in [-0.2, -0.15) is 18.2 Å². The topological polar surface area (TPSA) is 105 Å². The van der Waals surface area contributed by atoms with Crippen LogP contribution in [0.5, 0.6) is 5.88 Å². The number of carbonyl (C=O) groups is 1. The Balaban J connectivity index is 1.69. The van der Waals surface area contributed by atoms with E-state index in [0.29, 0.717) is 12.1 Å². The summed E-state index contributed by atoms with van der Waals surface area (Å²) in [4.78, 5) is 25.4. The van der Waals surface area contributed by atoms with Crippen molar-refractivity contribution >= 4 is 21.9 Å². The van der Waals surface area contributed by atoms with E-state index in [0.717, 1.165) is 16.7 Å². The first kappa shape index (κ1) is 30.7. The lowest BCUT2D eigenvalue weighted by molar-refractivity contribution is -0.147. The number of halogens is 3.